The summed E-state index contributed by atoms with van der Waals surface area (Å²) in [5.74, 6) is 0. The van der Waals surface area contributed by atoms with Crippen molar-refractivity contribution < 1.29 is 4.74 Å². The maximum atomic E-state index is 5.89. The maximum absolute atomic E-state index is 5.89. The fraction of sp³-hybridized carbons (Fsp3) is 0.500. The molecule has 90 valence electrons. The zero-order valence-corrected chi connectivity index (χ0v) is 10.4. The van der Waals surface area contributed by atoms with E-state index in [4.69, 9.17) is 22.1 Å². The molecule has 0 spiro atoms. The summed E-state index contributed by atoms with van der Waals surface area (Å²) < 4.78 is 4.98. The van der Waals surface area contributed by atoms with Gasteiger partial charge in [-0.25, -0.2) is 0 Å². The first-order chi connectivity index (χ1) is 7.74. The Morgan fingerprint density at radius 3 is 2.88 bits per heavy atom. The monoisotopic (exact) mass is 242 g/mol. The maximum Gasteiger partial charge on any atom is 0.0588 e. The normalized spacial score (nSPS) is 10.4. The number of benzene rings is 1. The molecule has 1 aromatic rings. The van der Waals surface area contributed by atoms with Gasteiger partial charge in [-0.15, -0.1) is 0 Å². The van der Waals surface area contributed by atoms with Gasteiger partial charge >= 0.3 is 0 Å². The smallest absolute Gasteiger partial charge is 0.0588 e. The van der Waals surface area contributed by atoms with Crippen molar-refractivity contribution >= 4 is 23.0 Å². The number of ether oxygens (including phenoxy) is 1. The molecule has 0 aliphatic heterocycles. The summed E-state index contributed by atoms with van der Waals surface area (Å²) in [6, 6.07) is 5.46. The predicted molar refractivity (Wildman–Crippen MR) is 70.1 cm³/mol. The van der Waals surface area contributed by atoms with Crippen molar-refractivity contribution in [2.45, 2.75) is 19.3 Å². The second-order valence-corrected chi connectivity index (χ2v) is 4.15. The van der Waals surface area contributed by atoms with Crippen LogP contribution in [0, 0.1) is 0 Å². The predicted octanol–water partition coefficient (Wildman–Crippen LogP) is 3.15. The number of unbranched alkanes of at least 4 members (excludes halogenated alkanes) is 2. The molecule has 3 nitrogen and oxygen atoms in total. The number of hydrogen-bond acceptors (Lipinski definition) is 3. The van der Waals surface area contributed by atoms with Crippen LogP contribution in [-0.4, -0.2) is 20.3 Å². The SMILES string of the molecule is COCCCCCNc1cc(Cl)ccc1N. The highest BCUT2D eigenvalue weighted by Gasteiger charge is 1.98. The Morgan fingerprint density at radius 2 is 2.12 bits per heavy atom. The van der Waals surface area contributed by atoms with Crippen molar-refractivity contribution in [2.75, 3.05) is 31.3 Å². The van der Waals surface area contributed by atoms with E-state index < -0.39 is 0 Å². The van der Waals surface area contributed by atoms with E-state index >= 15 is 0 Å². The van der Waals surface area contributed by atoms with Crippen molar-refractivity contribution in [2.24, 2.45) is 0 Å². The van der Waals surface area contributed by atoms with E-state index in [1.807, 2.05) is 12.1 Å². The number of hydrogen-bond donors (Lipinski definition) is 2. The molecular formula is C12H19ClN2O. The van der Waals surface area contributed by atoms with Crippen LogP contribution >= 0.6 is 11.6 Å². The molecule has 0 amide bonds. The molecule has 0 fully saturated rings. The van der Waals surface area contributed by atoms with Crippen LogP contribution in [0.15, 0.2) is 18.2 Å². The summed E-state index contributed by atoms with van der Waals surface area (Å²) in [6.45, 7) is 1.74. The fourth-order valence-electron chi connectivity index (χ4n) is 1.45. The fourth-order valence-corrected chi connectivity index (χ4v) is 1.62. The van der Waals surface area contributed by atoms with Gasteiger partial charge in [-0.05, 0) is 37.5 Å². The molecule has 0 radical (unpaired) electrons. The first-order valence-electron chi connectivity index (χ1n) is 5.52. The molecule has 0 aromatic heterocycles. The van der Waals surface area contributed by atoms with Gasteiger partial charge < -0.3 is 15.8 Å². The van der Waals surface area contributed by atoms with Gasteiger partial charge in [-0.3, -0.25) is 0 Å². The number of nitrogens with two attached hydrogens (primary N) is 1. The van der Waals surface area contributed by atoms with Crippen LogP contribution in [0.5, 0.6) is 0 Å². The molecule has 1 aromatic carbocycles. The molecule has 0 bridgehead atoms. The number of rotatable bonds is 7. The minimum Gasteiger partial charge on any atom is -0.397 e. The van der Waals surface area contributed by atoms with Gasteiger partial charge in [0.05, 0.1) is 11.4 Å². The summed E-state index contributed by atoms with van der Waals surface area (Å²) >= 11 is 5.89. The van der Waals surface area contributed by atoms with E-state index in [2.05, 4.69) is 5.32 Å². The molecule has 4 heteroatoms. The average molecular weight is 243 g/mol. The van der Waals surface area contributed by atoms with Crippen molar-refractivity contribution in [3.63, 3.8) is 0 Å². The number of nitrogen functional groups attached to an aromatic ring is 1. The highest BCUT2D eigenvalue weighted by molar-refractivity contribution is 6.31. The second kappa shape index (κ2) is 7.36. The van der Waals surface area contributed by atoms with Crippen molar-refractivity contribution in [1.29, 1.82) is 0 Å². The molecule has 0 saturated heterocycles. The third-order valence-electron chi connectivity index (χ3n) is 2.36. The summed E-state index contributed by atoms with van der Waals surface area (Å²) in [4.78, 5) is 0. The van der Waals surface area contributed by atoms with E-state index in [-0.39, 0.29) is 0 Å². The van der Waals surface area contributed by atoms with Crippen LogP contribution in [0.2, 0.25) is 5.02 Å². The lowest BCUT2D eigenvalue weighted by molar-refractivity contribution is 0.192. The summed E-state index contributed by atoms with van der Waals surface area (Å²) in [7, 11) is 1.73. The van der Waals surface area contributed by atoms with Gasteiger partial charge in [0, 0.05) is 25.3 Å². The average Bonchev–Trinajstić information content (AvgIpc) is 2.28. The number of methoxy groups -OCH3 is 1. The van der Waals surface area contributed by atoms with Crippen LogP contribution < -0.4 is 11.1 Å². The number of nitrogens with one attached hydrogen (secondary N) is 1. The van der Waals surface area contributed by atoms with Crippen LogP contribution in [0.1, 0.15) is 19.3 Å². The lowest BCUT2D eigenvalue weighted by Crippen LogP contribution is -2.04. The van der Waals surface area contributed by atoms with E-state index in [9.17, 15) is 0 Å². The molecule has 0 atom stereocenters. The van der Waals surface area contributed by atoms with E-state index in [1.165, 1.54) is 0 Å². The molecule has 0 aliphatic rings. The number of halogens is 1. The molecule has 3 N–H and O–H groups in total. The van der Waals surface area contributed by atoms with Crippen LogP contribution in [0.25, 0.3) is 0 Å². The Labute approximate surface area is 102 Å². The minimum atomic E-state index is 0.705. The Bertz CT molecular complexity index is 318. The van der Waals surface area contributed by atoms with Gasteiger partial charge in [-0.1, -0.05) is 11.6 Å². The first-order valence-corrected chi connectivity index (χ1v) is 5.89. The lowest BCUT2D eigenvalue weighted by Gasteiger charge is -2.09. The Morgan fingerprint density at radius 1 is 1.31 bits per heavy atom. The van der Waals surface area contributed by atoms with Gasteiger partial charge in [-0.2, -0.15) is 0 Å². The minimum absolute atomic E-state index is 0.705. The van der Waals surface area contributed by atoms with Crippen molar-refractivity contribution in [3.05, 3.63) is 23.2 Å². The standard InChI is InChI=1S/C12H19ClN2O/c1-16-8-4-2-3-7-15-12-9-10(13)5-6-11(12)14/h5-6,9,15H,2-4,7-8,14H2,1H3. The topological polar surface area (TPSA) is 47.3 Å². The van der Waals surface area contributed by atoms with Crippen LogP contribution in [0.3, 0.4) is 0 Å². The zero-order valence-electron chi connectivity index (χ0n) is 9.63. The van der Waals surface area contributed by atoms with E-state index in [1.54, 1.807) is 13.2 Å². The van der Waals surface area contributed by atoms with Gasteiger partial charge in [0.2, 0.25) is 0 Å². The third-order valence-corrected chi connectivity index (χ3v) is 2.59. The van der Waals surface area contributed by atoms with Crippen LogP contribution in [0.4, 0.5) is 11.4 Å². The summed E-state index contributed by atoms with van der Waals surface area (Å²) in [5, 5.41) is 3.99. The third kappa shape index (κ3) is 4.73. The van der Waals surface area contributed by atoms with Gasteiger partial charge in [0.15, 0.2) is 0 Å². The Balaban J connectivity index is 2.23. The molecule has 1 rings (SSSR count). The van der Waals surface area contributed by atoms with E-state index in [0.717, 1.165) is 43.8 Å². The highest BCUT2D eigenvalue weighted by Crippen LogP contribution is 2.22. The quantitative estimate of drug-likeness (QED) is 0.570. The lowest BCUT2D eigenvalue weighted by atomic mass is 10.2. The van der Waals surface area contributed by atoms with Crippen LogP contribution in [-0.2, 0) is 4.74 Å². The van der Waals surface area contributed by atoms with Gasteiger partial charge in [0.25, 0.3) is 0 Å². The molecule has 0 saturated carbocycles. The largest absolute Gasteiger partial charge is 0.397 e. The second-order valence-electron chi connectivity index (χ2n) is 3.71. The first kappa shape index (κ1) is 13.1. The molecule has 0 unspecified atom stereocenters. The zero-order chi connectivity index (χ0) is 11.8. The molecule has 0 heterocycles. The Kier molecular flexibility index (Phi) is 6.04. The Hall–Kier alpha value is -0.930. The molecule has 0 aliphatic carbocycles. The van der Waals surface area contributed by atoms with Crippen molar-refractivity contribution in [1.82, 2.24) is 0 Å². The van der Waals surface area contributed by atoms with Crippen molar-refractivity contribution in [3.8, 4) is 0 Å². The molecular weight excluding hydrogens is 224 g/mol. The highest BCUT2D eigenvalue weighted by atomic mass is 35.5. The summed E-state index contributed by atoms with van der Waals surface area (Å²) in [6.07, 6.45) is 3.36. The summed E-state index contributed by atoms with van der Waals surface area (Å²) in [5.41, 5.74) is 7.46. The van der Waals surface area contributed by atoms with Gasteiger partial charge in [0.1, 0.15) is 0 Å². The molecule has 16 heavy (non-hydrogen) atoms. The number of anilines is 2. The van der Waals surface area contributed by atoms with E-state index in [0.29, 0.717) is 5.02 Å².